The Hall–Kier alpha value is -0.810. The van der Waals surface area contributed by atoms with E-state index in [4.69, 9.17) is 5.73 Å². The maximum atomic E-state index is 9.72. The third kappa shape index (κ3) is 2.16. The first-order chi connectivity index (χ1) is 6.75. The van der Waals surface area contributed by atoms with Crippen LogP contribution in [0.2, 0.25) is 0 Å². The van der Waals surface area contributed by atoms with Crippen LogP contribution in [-0.4, -0.2) is 22.2 Å². The van der Waals surface area contributed by atoms with E-state index in [1.165, 1.54) is 17.8 Å². The van der Waals surface area contributed by atoms with Gasteiger partial charge in [0.25, 0.3) is 0 Å². The summed E-state index contributed by atoms with van der Waals surface area (Å²) in [6, 6.07) is 0.147. The van der Waals surface area contributed by atoms with Crippen molar-refractivity contribution in [2.24, 2.45) is 0 Å². The van der Waals surface area contributed by atoms with Crippen LogP contribution in [0.3, 0.4) is 0 Å². The van der Waals surface area contributed by atoms with Crippen LogP contribution in [0.15, 0.2) is 6.20 Å². The van der Waals surface area contributed by atoms with Gasteiger partial charge in [0.2, 0.25) is 0 Å². The molecule has 78 valence electrons. The first kappa shape index (κ1) is 9.73. The number of hydrogen-bond acceptors (Lipinski definition) is 5. The third-order valence-electron chi connectivity index (χ3n) is 2.56. The van der Waals surface area contributed by atoms with Crippen molar-refractivity contribution in [1.82, 2.24) is 4.98 Å². The molecule has 1 heterocycles. The van der Waals surface area contributed by atoms with E-state index in [1.807, 2.05) is 0 Å². The van der Waals surface area contributed by atoms with Gasteiger partial charge in [-0.2, -0.15) is 0 Å². The second-order valence-corrected chi connectivity index (χ2v) is 4.73. The molecule has 1 aromatic rings. The molecule has 1 aliphatic rings. The molecule has 1 aromatic heterocycles. The fraction of sp³-hybridized carbons (Fsp3) is 0.667. The lowest BCUT2D eigenvalue weighted by molar-refractivity contribution is 0.116. The molecule has 2 rings (SSSR count). The fourth-order valence-electron chi connectivity index (χ4n) is 1.79. The van der Waals surface area contributed by atoms with Crippen molar-refractivity contribution in [1.29, 1.82) is 0 Å². The Bertz CT molecular complexity index is 302. The summed E-state index contributed by atoms with van der Waals surface area (Å²) >= 11 is 1.43. The molecular formula is C9H15N3OS. The Morgan fingerprint density at radius 3 is 2.93 bits per heavy atom. The minimum atomic E-state index is -0.242. The molecule has 2 unspecified atom stereocenters. The van der Waals surface area contributed by atoms with E-state index in [9.17, 15) is 5.11 Å². The van der Waals surface area contributed by atoms with Crippen LogP contribution >= 0.6 is 11.3 Å². The summed E-state index contributed by atoms with van der Waals surface area (Å²) in [7, 11) is 0. The third-order valence-corrected chi connectivity index (χ3v) is 3.32. The molecule has 0 amide bonds. The number of aliphatic hydroxyl groups is 1. The molecule has 4 N–H and O–H groups in total. The van der Waals surface area contributed by atoms with Crippen LogP contribution in [-0.2, 0) is 0 Å². The van der Waals surface area contributed by atoms with Crippen LogP contribution in [0.4, 0.5) is 10.1 Å². The molecule has 0 aliphatic heterocycles. The Balaban J connectivity index is 1.95. The average molecular weight is 213 g/mol. The predicted octanol–water partition coefficient (Wildman–Crippen LogP) is 1.44. The normalized spacial score (nSPS) is 27.5. The number of thiazole rings is 1. The average Bonchev–Trinajstić information content (AvgIpc) is 2.56. The van der Waals surface area contributed by atoms with Gasteiger partial charge in [-0.3, -0.25) is 0 Å². The zero-order valence-electron chi connectivity index (χ0n) is 7.94. The molecule has 1 saturated carbocycles. The molecule has 0 radical (unpaired) electrons. The number of nitrogen functional groups attached to an aromatic ring is 1. The first-order valence-corrected chi connectivity index (χ1v) is 5.73. The molecule has 2 atom stereocenters. The largest absolute Gasteiger partial charge is 0.391 e. The second-order valence-electron chi connectivity index (χ2n) is 3.67. The summed E-state index contributed by atoms with van der Waals surface area (Å²) in [6.45, 7) is 0. The van der Waals surface area contributed by atoms with Crippen molar-refractivity contribution in [3.8, 4) is 0 Å². The number of aromatic nitrogens is 1. The number of nitrogens with one attached hydrogen (secondary N) is 1. The maximum absolute atomic E-state index is 9.72. The number of hydrogen-bond donors (Lipinski definition) is 3. The molecule has 0 saturated heterocycles. The fourth-order valence-corrected chi connectivity index (χ4v) is 2.44. The molecule has 1 fully saturated rings. The van der Waals surface area contributed by atoms with Gasteiger partial charge in [0.1, 0.15) is 5.00 Å². The molecular weight excluding hydrogens is 198 g/mol. The van der Waals surface area contributed by atoms with Crippen molar-refractivity contribution in [2.45, 2.75) is 37.8 Å². The highest BCUT2D eigenvalue weighted by Gasteiger charge is 2.23. The van der Waals surface area contributed by atoms with Gasteiger partial charge in [-0.1, -0.05) is 24.2 Å². The molecule has 0 aromatic carbocycles. The van der Waals surface area contributed by atoms with Gasteiger partial charge in [0.15, 0.2) is 5.13 Å². The number of rotatable bonds is 2. The van der Waals surface area contributed by atoms with Crippen LogP contribution < -0.4 is 11.1 Å². The van der Waals surface area contributed by atoms with E-state index in [2.05, 4.69) is 10.3 Å². The molecule has 5 heteroatoms. The van der Waals surface area contributed by atoms with Crippen molar-refractivity contribution < 1.29 is 5.11 Å². The minimum Gasteiger partial charge on any atom is -0.391 e. The van der Waals surface area contributed by atoms with Gasteiger partial charge < -0.3 is 16.2 Å². The van der Waals surface area contributed by atoms with Crippen molar-refractivity contribution >= 4 is 21.5 Å². The van der Waals surface area contributed by atoms with Crippen LogP contribution in [0.1, 0.15) is 25.7 Å². The van der Waals surface area contributed by atoms with E-state index in [1.54, 1.807) is 6.20 Å². The summed E-state index contributed by atoms with van der Waals surface area (Å²) in [6.07, 6.45) is 5.60. The smallest absolute Gasteiger partial charge is 0.184 e. The molecule has 1 aliphatic carbocycles. The summed E-state index contributed by atoms with van der Waals surface area (Å²) in [5.74, 6) is 0. The molecule has 14 heavy (non-hydrogen) atoms. The van der Waals surface area contributed by atoms with Crippen LogP contribution in [0, 0.1) is 0 Å². The van der Waals surface area contributed by atoms with Crippen molar-refractivity contribution in [3.05, 3.63) is 6.20 Å². The van der Waals surface area contributed by atoms with E-state index >= 15 is 0 Å². The second kappa shape index (κ2) is 4.14. The Morgan fingerprint density at radius 2 is 2.29 bits per heavy atom. The monoisotopic (exact) mass is 213 g/mol. The number of nitrogens with zero attached hydrogens (tertiary/aromatic N) is 1. The standard InChI is InChI=1S/C9H15N3OS/c10-8-5-11-9(14-8)12-6-3-1-2-4-7(6)13/h5-7,13H,1-4,10H2,(H,11,12). The van der Waals surface area contributed by atoms with Gasteiger partial charge in [-0.25, -0.2) is 4.98 Å². The summed E-state index contributed by atoms with van der Waals surface area (Å²) in [4.78, 5) is 4.12. The Labute approximate surface area is 87.2 Å². The summed E-state index contributed by atoms with van der Waals surface area (Å²) in [5.41, 5.74) is 5.57. The number of anilines is 2. The zero-order valence-corrected chi connectivity index (χ0v) is 8.76. The number of aliphatic hydroxyl groups excluding tert-OH is 1. The highest BCUT2D eigenvalue weighted by molar-refractivity contribution is 7.19. The summed E-state index contributed by atoms with van der Waals surface area (Å²) < 4.78 is 0. The highest BCUT2D eigenvalue weighted by Crippen LogP contribution is 2.25. The topological polar surface area (TPSA) is 71.2 Å². The van der Waals surface area contributed by atoms with Crippen molar-refractivity contribution in [3.63, 3.8) is 0 Å². The van der Waals surface area contributed by atoms with Gasteiger partial charge in [0.05, 0.1) is 18.3 Å². The first-order valence-electron chi connectivity index (χ1n) is 4.91. The molecule has 0 spiro atoms. The quantitative estimate of drug-likeness (QED) is 0.695. The van der Waals surface area contributed by atoms with Gasteiger partial charge in [-0.05, 0) is 12.8 Å². The van der Waals surface area contributed by atoms with Crippen molar-refractivity contribution in [2.75, 3.05) is 11.1 Å². The molecule has 4 nitrogen and oxygen atoms in total. The Morgan fingerprint density at radius 1 is 1.50 bits per heavy atom. The van der Waals surface area contributed by atoms with Crippen LogP contribution in [0.25, 0.3) is 0 Å². The maximum Gasteiger partial charge on any atom is 0.184 e. The minimum absolute atomic E-state index is 0.147. The van der Waals surface area contributed by atoms with E-state index in [0.29, 0.717) is 5.00 Å². The number of nitrogens with two attached hydrogens (primary N) is 1. The lowest BCUT2D eigenvalue weighted by Gasteiger charge is -2.27. The highest BCUT2D eigenvalue weighted by atomic mass is 32.1. The van der Waals surface area contributed by atoms with Gasteiger partial charge in [0, 0.05) is 0 Å². The van der Waals surface area contributed by atoms with E-state index in [0.717, 1.165) is 24.4 Å². The molecule has 0 bridgehead atoms. The van der Waals surface area contributed by atoms with E-state index < -0.39 is 0 Å². The zero-order chi connectivity index (χ0) is 9.97. The lowest BCUT2D eigenvalue weighted by Crippen LogP contribution is -2.36. The predicted molar refractivity (Wildman–Crippen MR) is 58.4 cm³/mol. The SMILES string of the molecule is Nc1cnc(NC2CCCCC2O)s1. The van der Waals surface area contributed by atoms with Crippen LogP contribution in [0.5, 0.6) is 0 Å². The Kier molecular flexibility index (Phi) is 2.88. The van der Waals surface area contributed by atoms with Gasteiger partial charge in [-0.15, -0.1) is 0 Å². The lowest BCUT2D eigenvalue weighted by atomic mass is 9.93. The van der Waals surface area contributed by atoms with E-state index in [-0.39, 0.29) is 12.1 Å². The van der Waals surface area contributed by atoms with Gasteiger partial charge >= 0.3 is 0 Å². The summed E-state index contributed by atoms with van der Waals surface area (Å²) in [5, 5.41) is 14.5.